The van der Waals surface area contributed by atoms with E-state index in [4.69, 9.17) is 20.3 Å². The lowest BCUT2D eigenvalue weighted by Crippen LogP contribution is -2.39. The van der Waals surface area contributed by atoms with Crippen molar-refractivity contribution in [3.8, 4) is 5.75 Å². The summed E-state index contributed by atoms with van der Waals surface area (Å²) in [6.45, 7) is 0.0623. The first kappa shape index (κ1) is 14.9. The number of aromatic carboxylic acids is 1. The molecule has 1 aromatic carbocycles. The molecule has 0 heterocycles. The predicted octanol–water partition coefficient (Wildman–Crippen LogP) is 0.306. The Labute approximate surface area is 110 Å². The molecule has 0 aliphatic heterocycles. The number of amides is 1. The Kier molecular flexibility index (Phi) is 5.28. The highest BCUT2D eigenvalue weighted by Crippen LogP contribution is 2.25. The molecule has 0 fully saturated rings. The van der Waals surface area contributed by atoms with Crippen molar-refractivity contribution in [2.45, 2.75) is 6.04 Å². The summed E-state index contributed by atoms with van der Waals surface area (Å²) < 4.78 is 9.81. The van der Waals surface area contributed by atoms with Gasteiger partial charge in [-0.25, -0.2) is 4.79 Å². The highest BCUT2D eigenvalue weighted by Gasteiger charge is 2.16. The van der Waals surface area contributed by atoms with E-state index < -0.39 is 17.9 Å². The Balaban J connectivity index is 2.94. The maximum atomic E-state index is 11.7. The second kappa shape index (κ2) is 6.72. The molecule has 7 heteroatoms. The molecule has 1 unspecified atom stereocenters. The average Bonchev–Trinajstić information content (AvgIpc) is 2.38. The summed E-state index contributed by atoms with van der Waals surface area (Å²) in [6, 6.07) is 3.30. The highest BCUT2D eigenvalue weighted by atomic mass is 16.5. The van der Waals surface area contributed by atoms with Crippen LogP contribution in [0.5, 0.6) is 5.75 Å². The van der Waals surface area contributed by atoms with Crippen molar-refractivity contribution >= 4 is 17.6 Å². The molecular formula is C12H16N2O5. The van der Waals surface area contributed by atoms with Gasteiger partial charge >= 0.3 is 5.97 Å². The fourth-order valence-corrected chi connectivity index (χ4v) is 1.42. The van der Waals surface area contributed by atoms with Crippen LogP contribution in [0.3, 0.4) is 0 Å². The number of hydrogen-bond acceptors (Lipinski definition) is 5. The molecule has 1 amide bonds. The molecule has 0 saturated heterocycles. The first-order valence-electron chi connectivity index (χ1n) is 5.46. The molecule has 0 bridgehead atoms. The average molecular weight is 268 g/mol. The van der Waals surface area contributed by atoms with Crippen LogP contribution in [0.2, 0.25) is 0 Å². The zero-order chi connectivity index (χ0) is 14.4. The van der Waals surface area contributed by atoms with E-state index in [2.05, 4.69) is 5.32 Å². The minimum Gasteiger partial charge on any atom is -0.495 e. The van der Waals surface area contributed by atoms with Gasteiger partial charge in [0.2, 0.25) is 5.91 Å². The fraction of sp³-hybridized carbons (Fsp3) is 0.333. The third-order valence-electron chi connectivity index (χ3n) is 2.39. The Morgan fingerprint density at radius 2 is 2.11 bits per heavy atom. The van der Waals surface area contributed by atoms with Crippen molar-refractivity contribution in [1.82, 2.24) is 0 Å². The standard InChI is InChI=1S/C12H16N2O5/c1-18-6-8(13)11(15)14-9-5-7(12(16)17)3-4-10(9)19-2/h3-5,8H,6,13H2,1-2H3,(H,14,15)(H,16,17). The summed E-state index contributed by atoms with van der Waals surface area (Å²) in [5.74, 6) is -1.23. The van der Waals surface area contributed by atoms with Gasteiger partial charge in [0.1, 0.15) is 11.8 Å². The summed E-state index contributed by atoms with van der Waals surface area (Å²) in [7, 11) is 2.85. The van der Waals surface area contributed by atoms with Gasteiger partial charge in [-0.2, -0.15) is 0 Å². The number of methoxy groups -OCH3 is 2. The van der Waals surface area contributed by atoms with E-state index in [0.717, 1.165) is 0 Å². The first-order valence-corrected chi connectivity index (χ1v) is 5.46. The van der Waals surface area contributed by atoms with Gasteiger partial charge in [0.25, 0.3) is 0 Å². The Morgan fingerprint density at radius 3 is 2.63 bits per heavy atom. The normalized spacial score (nSPS) is 11.7. The van der Waals surface area contributed by atoms with E-state index in [1.54, 1.807) is 0 Å². The molecule has 1 aromatic rings. The van der Waals surface area contributed by atoms with Crippen LogP contribution in [-0.4, -0.2) is 43.9 Å². The van der Waals surface area contributed by atoms with E-state index in [0.29, 0.717) is 5.75 Å². The molecule has 0 radical (unpaired) electrons. The van der Waals surface area contributed by atoms with Gasteiger partial charge < -0.3 is 25.6 Å². The molecule has 0 aromatic heterocycles. The van der Waals surface area contributed by atoms with Gasteiger partial charge in [-0.3, -0.25) is 4.79 Å². The Morgan fingerprint density at radius 1 is 1.42 bits per heavy atom. The van der Waals surface area contributed by atoms with Gasteiger partial charge in [0.15, 0.2) is 0 Å². The summed E-state index contributed by atoms with van der Waals surface area (Å²) in [4.78, 5) is 22.6. The molecule has 4 N–H and O–H groups in total. The van der Waals surface area contributed by atoms with E-state index in [9.17, 15) is 9.59 Å². The van der Waals surface area contributed by atoms with Crippen molar-refractivity contribution in [2.24, 2.45) is 5.73 Å². The summed E-state index contributed by atoms with van der Waals surface area (Å²) in [6.07, 6.45) is 0. The maximum absolute atomic E-state index is 11.7. The van der Waals surface area contributed by atoms with Gasteiger partial charge in [0.05, 0.1) is 25.0 Å². The van der Waals surface area contributed by atoms with E-state index in [1.165, 1.54) is 32.4 Å². The Hall–Kier alpha value is -2.12. The topological polar surface area (TPSA) is 111 Å². The lowest BCUT2D eigenvalue weighted by atomic mass is 10.1. The molecular weight excluding hydrogens is 252 g/mol. The molecule has 1 atom stereocenters. The minimum absolute atomic E-state index is 0.0383. The Bertz CT molecular complexity index is 475. The van der Waals surface area contributed by atoms with Crippen LogP contribution in [0, 0.1) is 0 Å². The predicted molar refractivity (Wildman–Crippen MR) is 68.4 cm³/mol. The number of benzene rings is 1. The third kappa shape index (κ3) is 3.94. The lowest BCUT2D eigenvalue weighted by Gasteiger charge is -2.14. The van der Waals surface area contributed by atoms with Crippen LogP contribution < -0.4 is 15.8 Å². The van der Waals surface area contributed by atoms with Crippen LogP contribution in [0.4, 0.5) is 5.69 Å². The summed E-state index contributed by atoms with van der Waals surface area (Å²) in [5.41, 5.74) is 5.86. The van der Waals surface area contributed by atoms with Crippen molar-refractivity contribution in [1.29, 1.82) is 0 Å². The number of nitrogens with two attached hydrogens (primary N) is 1. The zero-order valence-electron chi connectivity index (χ0n) is 10.7. The molecule has 104 valence electrons. The fourth-order valence-electron chi connectivity index (χ4n) is 1.42. The van der Waals surface area contributed by atoms with Gasteiger partial charge in [-0.1, -0.05) is 0 Å². The second-order valence-electron chi connectivity index (χ2n) is 3.77. The third-order valence-corrected chi connectivity index (χ3v) is 2.39. The molecule has 0 aliphatic carbocycles. The zero-order valence-corrected chi connectivity index (χ0v) is 10.7. The second-order valence-corrected chi connectivity index (χ2v) is 3.77. The summed E-state index contributed by atoms with van der Waals surface area (Å²) in [5, 5.41) is 11.4. The molecule has 0 saturated carbocycles. The van der Waals surface area contributed by atoms with Crippen molar-refractivity contribution in [2.75, 3.05) is 26.1 Å². The molecule has 1 rings (SSSR count). The number of nitrogens with one attached hydrogen (secondary N) is 1. The highest BCUT2D eigenvalue weighted by molar-refractivity contribution is 5.98. The van der Waals surface area contributed by atoms with Crippen molar-refractivity contribution in [3.63, 3.8) is 0 Å². The first-order chi connectivity index (χ1) is 8.99. The molecule has 19 heavy (non-hydrogen) atoms. The molecule has 0 spiro atoms. The number of anilines is 1. The van der Waals surface area contributed by atoms with E-state index in [1.807, 2.05) is 0 Å². The van der Waals surface area contributed by atoms with Crippen LogP contribution >= 0.6 is 0 Å². The number of hydrogen-bond donors (Lipinski definition) is 3. The monoisotopic (exact) mass is 268 g/mol. The molecule has 0 aliphatic rings. The number of ether oxygens (including phenoxy) is 2. The maximum Gasteiger partial charge on any atom is 0.335 e. The van der Waals surface area contributed by atoms with Crippen LogP contribution in [0.15, 0.2) is 18.2 Å². The lowest BCUT2D eigenvalue weighted by molar-refractivity contribution is -0.118. The smallest absolute Gasteiger partial charge is 0.335 e. The number of carboxylic acids is 1. The van der Waals surface area contributed by atoms with Gasteiger partial charge in [-0.05, 0) is 18.2 Å². The van der Waals surface area contributed by atoms with Crippen LogP contribution in [-0.2, 0) is 9.53 Å². The van der Waals surface area contributed by atoms with Crippen molar-refractivity contribution in [3.05, 3.63) is 23.8 Å². The van der Waals surface area contributed by atoms with Crippen molar-refractivity contribution < 1.29 is 24.2 Å². The van der Waals surface area contributed by atoms with Crippen LogP contribution in [0.1, 0.15) is 10.4 Å². The SMILES string of the molecule is COCC(N)C(=O)Nc1cc(C(=O)O)ccc1OC. The summed E-state index contributed by atoms with van der Waals surface area (Å²) >= 11 is 0. The number of rotatable bonds is 6. The van der Waals surface area contributed by atoms with Gasteiger partial charge in [-0.15, -0.1) is 0 Å². The number of carbonyl (C=O) groups is 2. The quantitative estimate of drug-likeness (QED) is 0.684. The number of carboxylic acid groups (broad SMARTS) is 1. The van der Waals surface area contributed by atoms with E-state index in [-0.39, 0.29) is 17.9 Å². The van der Waals surface area contributed by atoms with E-state index >= 15 is 0 Å². The van der Waals surface area contributed by atoms with Crippen LogP contribution in [0.25, 0.3) is 0 Å². The number of carbonyl (C=O) groups excluding carboxylic acids is 1. The molecule has 7 nitrogen and oxygen atoms in total. The minimum atomic E-state index is -1.10. The largest absolute Gasteiger partial charge is 0.495 e. The van der Waals surface area contributed by atoms with Gasteiger partial charge in [0, 0.05) is 7.11 Å².